The van der Waals surface area contributed by atoms with Gasteiger partial charge in [-0.15, -0.1) is 0 Å². The van der Waals surface area contributed by atoms with Crippen LogP contribution in [0.25, 0.3) is 0 Å². The fourth-order valence-electron chi connectivity index (χ4n) is 3.56. The topological polar surface area (TPSA) is 15.3 Å². The van der Waals surface area contributed by atoms with Crippen molar-refractivity contribution in [2.45, 2.75) is 96.7 Å². The number of nitrogens with zero attached hydrogens (tertiary/aromatic N) is 1. The van der Waals surface area contributed by atoms with Crippen LogP contribution in [0.5, 0.6) is 0 Å². The van der Waals surface area contributed by atoms with Gasteiger partial charge in [0.25, 0.3) is 0 Å². The first-order chi connectivity index (χ1) is 9.66. The zero-order valence-electron chi connectivity index (χ0n) is 14.0. The van der Waals surface area contributed by atoms with Crippen LogP contribution < -0.4 is 5.32 Å². The highest BCUT2D eigenvalue weighted by Crippen LogP contribution is 2.27. The normalized spacial score (nSPS) is 22.1. The molecule has 0 heterocycles. The van der Waals surface area contributed by atoms with Crippen molar-refractivity contribution in [1.29, 1.82) is 0 Å². The molecule has 1 unspecified atom stereocenters. The van der Waals surface area contributed by atoms with E-state index in [0.29, 0.717) is 0 Å². The minimum atomic E-state index is 0.776. The summed E-state index contributed by atoms with van der Waals surface area (Å²) in [7, 11) is 0. The molecule has 2 aliphatic rings. The highest BCUT2D eigenvalue weighted by atomic mass is 15.2. The highest BCUT2D eigenvalue weighted by molar-refractivity contribution is 4.83. The van der Waals surface area contributed by atoms with Crippen LogP contribution >= 0.6 is 0 Å². The van der Waals surface area contributed by atoms with Crippen LogP contribution in [0.4, 0.5) is 0 Å². The van der Waals surface area contributed by atoms with Gasteiger partial charge in [0, 0.05) is 18.1 Å². The molecule has 0 aromatic heterocycles. The fourth-order valence-corrected chi connectivity index (χ4v) is 3.56. The Balaban J connectivity index is 1.70. The molecule has 1 N–H and O–H groups in total. The van der Waals surface area contributed by atoms with Gasteiger partial charge in [0.05, 0.1) is 0 Å². The van der Waals surface area contributed by atoms with Crippen LogP contribution in [0.2, 0.25) is 0 Å². The molecule has 0 aromatic carbocycles. The Bertz CT molecular complexity index is 254. The van der Waals surface area contributed by atoms with Gasteiger partial charge in [0.15, 0.2) is 0 Å². The molecule has 0 spiro atoms. The Labute approximate surface area is 126 Å². The standard InChI is InChI=1S/C18H36N2/c1-15(2)12-14-20(18-8-4-5-9-18)16(3)7-6-13-19-17-10-11-17/h15-19H,4-14H2,1-3H3. The Morgan fingerprint density at radius 1 is 1.00 bits per heavy atom. The molecule has 118 valence electrons. The summed E-state index contributed by atoms with van der Waals surface area (Å²) in [4.78, 5) is 2.85. The van der Waals surface area contributed by atoms with Gasteiger partial charge in [-0.2, -0.15) is 0 Å². The number of hydrogen-bond donors (Lipinski definition) is 1. The zero-order valence-corrected chi connectivity index (χ0v) is 14.0. The predicted molar refractivity (Wildman–Crippen MR) is 88.1 cm³/mol. The van der Waals surface area contributed by atoms with Crippen molar-refractivity contribution < 1.29 is 0 Å². The smallest absolute Gasteiger partial charge is 0.00980 e. The second kappa shape index (κ2) is 8.38. The molecular weight excluding hydrogens is 244 g/mol. The summed E-state index contributed by atoms with van der Waals surface area (Å²) in [5.41, 5.74) is 0. The molecule has 2 heteroatoms. The van der Waals surface area contributed by atoms with E-state index in [0.717, 1.165) is 24.0 Å². The zero-order chi connectivity index (χ0) is 14.4. The molecule has 0 bridgehead atoms. The maximum atomic E-state index is 3.65. The fraction of sp³-hybridized carbons (Fsp3) is 1.00. The predicted octanol–water partition coefficient (Wildman–Crippen LogP) is 4.20. The molecule has 0 saturated heterocycles. The van der Waals surface area contributed by atoms with Gasteiger partial charge in [0.2, 0.25) is 0 Å². The van der Waals surface area contributed by atoms with Crippen molar-refractivity contribution in [3.05, 3.63) is 0 Å². The van der Waals surface area contributed by atoms with E-state index in [-0.39, 0.29) is 0 Å². The van der Waals surface area contributed by atoms with Crippen LogP contribution in [0.15, 0.2) is 0 Å². The molecule has 2 saturated carbocycles. The van der Waals surface area contributed by atoms with E-state index in [1.165, 1.54) is 70.9 Å². The summed E-state index contributed by atoms with van der Waals surface area (Å²) >= 11 is 0. The van der Waals surface area contributed by atoms with Crippen molar-refractivity contribution in [2.75, 3.05) is 13.1 Å². The van der Waals surface area contributed by atoms with Gasteiger partial charge in [0.1, 0.15) is 0 Å². The molecule has 2 nitrogen and oxygen atoms in total. The molecule has 2 aliphatic carbocycles. The van der Waals surface area contributed by atoms with Crippen LogP contribution in [0, 0.1) is 5.92 Å². The Morgan fingerprint density at radius 3 is 2.30 bits per heavy atom. The van der Waals surface area contributed by atoms with Gasteiger partial charge in [-0.25, -0.2) is 0 Å². The first kappa shape index (κ1) is 16.3. The van der Waals surface area contributed by atoms with E-state index in [1.54, 1.807) is 0 Å². The van der Waals surface area contributed by atoms with Gasteiger partial charge in [-0.3, -0.25) is 4.90 Å². The second-order valence-electron chi connectivity index (χ2n) is 7.58. The summed E-state index contributed by atoms with van der Waals surface area (Å²) in [5.74, 6) is 0.836. The van der Waals surface area contributed by atoms with Crippen molar-refractivity contribution >= 4 is 0 Å². The molecule has 1 atom stereocenters. The third-order valence-electron chi connectivity index (χ3n) is 5.13. The van der Waals surface area contributed by atoms with Crippen LogP contribution in [-0.2, 0) is 0 Å². The van der Waals surface area contributed by atoms with Crippen molar-refractivity contribution in [1.82, 2.24) is 10.2 Å². The first-order valence-corrected chi connectivity index (χ1v) is 9.16. The first-order valence-electron chi connectivity index (χ1n) is 9.16. The minimum Gasteiger partial charge on any atom is -0.314 e. The molecular formula is C18H36N2. The summed E-state index contributed by atoms with van der Waals surface area (Å²) in [6.45, 7) is 9.74. The lowest BCUT2D eigenvalue weighted by atomic mass is 10.0. The van der Waals surface area contributed by atoms with Gasteiger partial charge in [-0.1, -0.05) is 26.7 Å². The number of nitrogens with one attached hydrogen (secondary N) is 1. The van der Waals surface area contributed by atoms with Gasteiger partial charge in [-0.05, 0) is 70.9 Å². The maximum absolute atomic E-state index is 3.65. The summed E-state index contributed by atoms with van der Waals surface area (Å²) in [5, 5.41) is 3.65. The van der Waals surface area contributed by atoms with Crippen LogP contribution in [0.3, 0.4) is 0 Å². The molecule has 0 aromatic rings. The summed E-state index contributed by atoms with van der Waals surface area (Å²) in [6.07, 6.45) is 12.7. The van der Waals surface area contributed by atoms with Crippen molar-refractivity contribution in [2.24, 2.45) is 5.92 Å². The molecule has 0 radical (unpaired) electrons. The molecule has 2 fully saturated rings. The van der Waals surface area contributed by atoms with Crippen LogP contribution in [-0.4, -0.2) is 36.1 Å². The van der Waals surface area contributed by atoms with Crippen molar-refractivity contribution in [3.63, 3.8) is 0 Å². The molecule has 20 heavy (non-hydrogen) atoms. The maximum Gasteiger partial charge on any atom is 0.00980 e. The number of rotatable bonds is 10. The monoisotopic (exact) mass is 280 g/mol. The van der Waals surface area contributed by atoms with E-state index >= 15 is 0 Å². The summed E-state index contributed by atoms with van der Waals surface area (Å²) < 4.78 is 0. The van der Waals surface area contributed by atoms with Gasteiger partial charge >= 0.3 is 0 Å². The average molecular weight is 280 g/mol. The van der Waals surface area contributed by atoms with Crippen LogP contribution in [0.1, 0.15) is 78.6 Å². The average Bonchev–Trinajstić information content (AvgIpc) is 3.08. The quantitative estimate of drug-likeness (QED) is 0.603. The molecule has 2 rings (SSSR count). The molecule has 0 aliphatic heterocycles. The Morgan fingerprint density at radius 2 is 1.70 bits per heavy atom. The third kappa shape index (κ3) is 5.73. The Kier molecular flexibility index (Phi) is 6.83. The summed E-state index contributed by atoms with van der Waals surface area (Å²) in [6, 6.07) is 2.54. The SMILES string of the molecule is CC(C)CCN(C(C)CCCNC1CC1)C1CCCC1. The Hall–Kier alpha value is -0.0800. The lowest BCUT2D eigenvalue weighted by molar-refractivity contribution is 0.129. The second-order valence-corrected chi connectivity index (χ2v) is 7.58. The number of hydrogen-bond acceptors (Lipinski definition) is 2. The molecule has 0 amide bonds. The van der Waals surface area contributed by atoms with Crippen molar-refractivity contribution in [3.8, 4) is 0 Å². The van der Waals surface area contributed by atoms with Gasteiger partial charge < -0.3 is 5.32 Å². The van der Waals surface area contributed by atoms with E-state index in [4.69, 9.17) is 0 Å². The lowest BCUT2D eigenvalue weighted by Crippen LogP contribution is -2.41. The third-order valence-corrected chi connectivity index (χ3v) is 5.13. The van der Waals surface area contributed by atoms with E-state index in [2.05, 4.69) is 31.0 Å². The largest absolute Gasteiger partial charge is 0.314 e. The highest BCUT2D eigenvalue weighted by Gasteiger charge is 2.26. The lowest BCUT2D eigenvalue weighted by Gasteiger charge is -2.35. The van der Waals surface area contributed by atoms with E-state index in [1.807, 2.05) is 0 Å². The van der Waals surface area contributed by atoms with E-state index in [9.17, 15) is 0 Å². The van der Waals surface area contributed by atoms with E-state index < -0.39 is 0 Å². The minimum absolute atomic E-state index is 0.776.